The summed E-state index contributed by atoms with van der Waals surface area (Å²) >= 11 is 0. The molecule has 1 heterocycles. The van der Waals surface area contributed by atoms with Crippen LogP contribution in [0.15, 0.2) is 59.6 Å². The summed E-state index contributed by atoms with van der Waals surface area (Å²) in [4.78, 5) is 28.3. The maximum Gasteiger partial charge on any atom is 0.328 e. The quantitative estimate of drug-likeness (QED) is 0.406. The predicted molar refractivity (Wildman–Crippen MR) is 131 cm³/mol. The van der Waals surface area contributed by atoms with Gasteiger partial charge in [0.25, 0.3) is 0 Å². The average molecular weight is 486 g/mol. The number of sulfonamides is 1. The molecule has 34 heavy (non-hydrogen) atoms. The van der Waals surface area contributed by atoms with E-state index in [2.05, 4.69) is 10.3 Å². The Morgan fingerprint density at radius 3 is 2.38 bits per heavy atom. The zero-order chi connectivity index (χ0) is 24.7. The van der Waals surface area contributed by atoms with Gasteiger partial charge in [0.1, 0.15) is 6.04 Å². The van der Waals surface area contributed by atoms with E-state index in [0.29, 0.717) is 25.9 Å². The van der Waals surface area contributed by atoms with Crippen molar-refractivity contribution in [2.45, 2.75) is 44.0 Å². The molecule has 0 aliphatic carbocycles. The summed E-state index contributed by atoms with van der Waals surface area (Å²) in [5, 5.41) is 3.77. The molecule has 3 rings (SSSR count). The number of aromatic amines is 1. The molecule has 0 bridgehead atoms. The molecule has 0 saturated carbocycles. The molecule has 0 saturated heterocycles. The number of H-pyrrole nitrogens is 1. The van der Waals surface area contributed by atoms with Gasteiger partial charge in [0, 0.05) is 43.0 Å². The summed E-state index contributed by atoms with van der Waals surface area (Å²) in [5.74, 6) is -0.792. The van der Waals surface area contributed by atoms with Crippen LogP contribution in [0, 0.1) is 0 Å². The maximum atomic E-state index is 12.6. The van der Waals surface area contributed by atoms with E-state index in [4.69, 9.17) is 4.74 Å². The van der Waals surface area contributed by atoms with Crippen molar-refractivity contribution >= 4 is 32.8 Å². The molecule has 2 N–H and O–H groups in total. The summed E-state index contributed by atoms with van der Waals surface area (Å²) in [5.41, 5.74) is 2.70. The lowest BCUT2D eigenvalue weighted by atomic mass is 10.0. The van der Waals surface area contributed by atoms with Crippen LogP contribution in [-0.4, -0.2) is 55.8 Å². The van der Waals surface area contributed by atoms with Crippen LogP contribution in [0.1, 0.15) is 31.4 Å². The fourth-order valence-corrected chi connectivity index (χ4v) is 5.38. The van der Waals surface area contributed by atoms with Crippen LogP contribution in [-0.2, 0) is 37.2 Å². The number of methoxy groups -OCH3 is 1. The number of hydrogen-bond acceptors (Lipinski definition) is 5. The zero-order valence-corrected chi connectivity index (χ0v) is 20.5. The van der Waals surface area contributed by atoms with Gasteiger partial charge in [0.2, 0.25) is 15.9 Å². The summed E-state index contributed by atoms with van der Waals surface area (Å²) in [6.45, 7) is 4.41. The molecule has 9 heteroatoms. The first-order valence-electron chi connectivity index (χ1n) is 11.3. The smallest absolute Gasteiger partial charge is 0.328 e. The molecule has 1 atom stereocenters. The van der Waals surface area contributed by atoms with Crippen molar-refractivity contribution in [1.29, 1.82) is 0 Å². The standard InChI is InChI=1S/C25H31N3O5S/c1-4-28(5-2)34(31,32)20-13-10-18(11-14-20)12-15-24(29)27-23(25(30)33-3)16-19-17-26-22-9-7-6-8-21(19)22/h6-11,13-14,17,23,26H,4-5,12,15-16H2,1-3H3,(H,27,29)/t23-/m1/s1. The monoisotopic (exact) mass is 485 g/mol. The van der Waals surface area contributed by atoms with Crippen LogP contribution in [0.5, 0.6) is 0 Å². The molecule has 0 unspecified atom stereocenters. The number of nitrogens with one attached hydrogen (secondary N) is 2. The van der Waals surface area contributed by atoms with E-state index in [0.717, 1.165) is 22.0 Å². The van der Waals surface area contributed by atoms with Crippen molar-refractivity contribution < 1.29 is 22.7 Å². The maximum absolute atomic E-state index is 12.6. The SMILES string of the molecule is CCN(CC)S(=O)(=O)c1ccc(CCC(=O)N[C@H](Cc2c[nH]c3ccccc23)C(=O)OC)cc1. The summed E-state index contributed by atoms with van der Waals surface area (Å²) in [7, 11) is -2.22. The summed E-state index contributed by atoms with van der Waals surface area (Å²) < 4.78 is 31.5. The largest absolute Gasteiger partial charge is 0.467 e. The number of rotatable bonds is 11. The molecule has 0 spiro atoms. The second-order valence-corrected chi connectivity index (χ2v) is 9.88. The summed E-state index contributed by atoms with van der Waals surface area (Å²) in [6, 6.07) is 13.5. The number of fused-ring (bicyclic) bond motifs is 1. The van der Waals surface area contributed by atoms with Gasteiger partial charge in [0.05, 0.1) is 12.0 Å². The third-order valence-corrected chi connectivity index (χ3v) is 7.89. The third-order valence-electron chi connectivity index (χ3n) is 5.83. The number of ether oxygens (including phenoxy) is 1. The number of hydrogen-bond donors (Lipinski definition) is 2. The van der Waals surface area contributed by atoms with Gasteiger partial charge in [-0.2, -0.15) is 4.31 Å². The lowest BCUT2D eigenvalue weighted by molar-refractivity contribution is -0.145. The Morgan fingerprint density at radius 1 is 1.06 bits per heavy atom. The number of esters is 1. The molecule has 8 nitrogen and oxygen atoms in total. The molecular weight excluding hydrogens is 454 g/mol. The molecular formula is C25H31N3O5S. The number of benzene rings is 2. The lowest BCUT2D eigenvalue weighted by Crippen LogP contribution is -2.43. The fourth-order valence-electron chi connectivity index (χ4n) is 3.92. The number of carbonyl (C=O) groups excluding carboxylic acids is 2. The molecule has 0 aliphatic rings. The molecule has 0 radical (unpaired) electrons. The predicted octanol–water partition coefficient (Wildman–Crippen LogP) is 3.03. The van der Waals surface area contributed by atoms with Crippen LogP contribution in [0.4, 0.5) is 0 Å². The highest BCUT2D eigenvalue weighted by atomic mass is 32.2. The van der Waals surface area contributed by atoms with Crippen molar-refractivity contribution in [3.8, 4) is 0 Å². The van der Waals surface area contributed by atoms with E-state index in [1.165, 1.54) is 11.4 Å². The van der Waals surface area contributed by atoms with E-state index >= 15 is 0 Å². The van der Waals surface area contributed by atoms with Gasteiger partial charge in [-0.25, -0.2) is 13.2 Å². The second kappa shape index (κ2) is 11.3. The topological polar surface area (TPSA) is 109 Å². The van der Waals surface area contributed by atoms with E-state index < -0.39 is 22.0 Å². The molecule has 3 aromatic rings. The van der Waals surface area contributed by atoms with Crippen LogP contribution >= 0.6 is 0 Å². The third kappa shape index (κ3) is 5.84. The number of nitrogens with zero attached hydrogens (tertiary/aromatic N) is 1. The Balaban J connectivity index is 1.62. The minimum Gasteiger partial charge on any atom is -0.467 e. The van der Waals surface area contributed by atoms with Crippen molar-refractivity contribution in [2.24, 2.45) is 0 Å². The number of aromatic nitrogens is 1. The Labute approximate surface area is 200 Å². The average Bonchev–Trinajstić information content (AvgIpc) is 3.25. The van der Waals surface area contributed by atoms with Crippen LogP contribution < -0.4 is 5.32 Å². The Morgan fingerprint density at radius 2 is 1.74 bits per heavy atom. The zero-order valence-electron chi connectivity index (χ0n) is 19.7. The van der Waals surface area contributed by atoms with Crippen LogP contribution in [0.3, 0.4) is 0 Å². The number of aryl methyl sites for hydroxylation is 1. The van der Waals surface area contributed by atoms with Gasteiger partial charge in [0.15, 0.2) is 0 Å². The first kappa shape index (κ1) is 25.5. The molecule has 1 aromatic heterocycles. The highest BCUT2D eigenvalue weighted by molar-refractivity contribution is 7.89. The first-order valence-corrected chi connectivity index (χ1v) is 12.7. The van der Waals surface area contributed by atoms with Crippen molar-refractivity contribution in [3.63, 3.8) is 0 Å². The van der Waals surface area contributed by atoms with Crippen molar-refractivity contribution in [2.75, 3.05) is 20.2 Å². The minimum atomic E-state index is -3.52. The Kier molecular flexibility index (Phi) is 8.46. The highest BCUT2D eigenvalue weighted by Crippen LogP contribution is 2.20. The highest BCUT2D eigenvalue weighted by Gasteiger charge is 2.24. The van der Waals surface area contributed by atoms with Gasteiger partial charge >= 0.3 is 5.97 Å². The van der Waals surface area contributed by atoms with Gasteiger partial charge in [-0.05, 0) is 35.7 Å². The Bertz CT molecular complexity index is 1230. The first-order chi connectivity index (χ1) is 16.3. The number of carbonyl (C=O) groups is 2. The van der Waals surface area contributed by atoms with Crippen LogP contribution in [0.25, 0.3) is 10.9 Å². The minimum absolute atomic E-state index is 0.156. The number of amides is 1. The van der Waals surface area contributed by atoms with E-state index in [1.54, 1.807) is 38.1 Å². The van der Waals surface area contributed by atoms with E-state index in [-0.39, 0.29) is 17.2 Å². The summed E-state index contributed by atoms with van der Waals surface area (Å²) in [6.07, 6.45) is 2.71. The Hall–Kier alpha value is -3.17. The molecule has 1 amide bonds. The molecule has 182 valence electrons. The van der Waals surface area contributed by atoms with Crippen molar-refractivity contribution in [1.82, 2.24) is 14.6 Å². The van der Waals surface area contributed by atoms with Crippen LogP contribution in [0.2, 0.25) is 0 Å². The van der Waals surface area contributed by atoms with Gasteiger partial charge in [-0.1, -0.05) is 44.2 Å². The molecule has 2 aromatic carbocycles. The van der Waals surface area contributed by atoms with Gasteiger partial charge < -0.3 is 15.0 Å². The second-order valence-electron chi connectivity index (χ2n) is 7.94. The van der Waals surface area contributed by atoms with E-state index in [9.17, 15) is 18.0 Å². The number of para-hydroxylation sites is 1. The van der Waals surface area contributed by atoms with Gasteiger partial charge in [-0.3, -0.25) is 4.79 Å². The molecule has 0 fully saturated rings. The molecule has 0 aliphatic heterocycles. The van der Waals surface area contributed by atoms with Crippen molar-refractivity contribution in [3.05, 3.63) is 65.9 Å². The lowest BCUT2D eigenvalue weighted by Gasteiger charge is -2.18. The normalized spacial score (nSPS) is 12.6. The van der Waals surface area contributed by atoms with E-state index in [1.807, 2.05) is 30.5 Å². The van der Waals surface area contributed by atoms with Gasteiger partial charge in [-0.15, -0.1) is 0 Å². The fraction of sp³-hybridized carbons (Fsp3) is 0.360.